The van der Waals surface area contributed by atoms with Crippen molar-refractivity contribution in [2.45, 2.75) is 46.0 Å². The van der Waals surface area contributed by atoms with Gasteiger partial charge in [0.15, 0.2) is 0 Å². The van der Waals surface area contributed by atoms with E-state index in [1.165, 1.54) is 11.3 Å². The lowest BCUT2D eigenvalue weighted by atomic mass is 9.97. The van der Waals surface area contributed by atoms with Gasteiger partial charge in [-0.25, -0.2) is 9.97 Å². The average molecular weight is 326 g/mol. The summed E-state index contributed by atoms with van der Waals surface area (Å²) >= 11 is 0. The van der Waals surface area contributed by atoms with E-state index in [0.29, 0.717) is 34.8 Å². The molecule has 2 aromatic heterocycles. The van der Waals surface area contributed by atoms with Crippen LogP contribution in [0.25, 0.3) is 0 Å². The van der Waals surface area contributed by atoms with Crippen LogP contribution in [0.2, 0.25) is 0 Å². The molecule has 0 N–H and O–H groups in total. The lowest BCUT2D eigenvalue weighted by Gasteiger charge is -2.17. The fourth-order valence-electron chi connectivity index (χ4n) is 3.98. The van der Waals surface area contributed by atoms with Crippen molar-refractivity contribution in [3.63, 3.8) is 0 Å². The molecule has 6 heteroatoms. The molecule has 126 valence electrons. The molecule has 6 nitrogen and oxygen atoms in total. The van der Waals surface area contributed by atoms with Gasteiger partial charge in [0.1, 0.15) is 17.1 Å². The predicted molar refractivity (Wildman–Crippen MR) is 87.9 cm³/mol. The number of hydrogen-bond acceptors (Lipinski definition) is 5. The van der Waals surface area contributed by atoms with Crippen LogP contribution in [0.5, 0.6) is 0 Å². The summed E-state index contributed by atoms with van der Waals surface area (Å²) in [5.41, 5.74) is 3.67. The number of likely N-dealkylation sites (tertiary alicyclic amines) is 1. The number of rotatable bonds is 2. The number of carbonyl (C=O) groups is 1. The quantitative estimate of drug-likeness (QED) is 0.848. The van der Waals surface area contributed by atoms with Gasteiger partial charge in [-0.3, -0.25) is 4.79 Å². The van der Waals surface area contributed by atoms with Crippen LogP contribution in [0.3, 0.4) is 0 Å². The Morgan fingerprint density at radius 2 is 2.12 bits per heavy atom. The maximum atomic E-state index is 12.8. The van der Waals surface area contributed by atoms with Crippen molar-refractivity contribution in [1.29, 1.82) is 0 Å². The highest BCUT2D eigenvalue weighted by atomic mass is 16.5. The highest BCUT2D eigenvalue weighted by Gasteiger charge is 2.43. The molecule has 3 heterocycles. The van der Waals surface area contributed by atoms with Gasteiger partial charge in [-0.2, -0.15) is 0 Å². The standard InChI is InChI=1S/C18H22N4O2/c1-9(2)17-19-6-13-14-8-22(7-12(14)5-15(13)20-17)18(23)16-10(3)21-24-11(16)4/h6,9,12,14H,5,7-8H2,1-4H3. The Bertz CT molecular complexity index is 792. The van der Waals surface area contributed by atoms with Gasteiger partial charge in [-0.05, 0) is 31.7 Å². The van der Waals surface area contributed by atoms with Crippen LogP contribution in [0.15, 0.2) is 10.7 Å². The minimum absolute atomic E-state index is 0.0296. The number of hydrogen-bond donors (Lipinski definition) is 0. The van der Waals surface area contributed by atoms with E-state index in [2.05, 4.69) is 24.0 Å². The molecule has 24 heavy (non-hydrogen) atoms. The molecular formula is C18H22N4O2. The van der Waals surface area contributed by atoms with Crippen LogP contribution in [-0.4, -0.2) is 39.0 Å². The Balaban J connectivity index is 1.57. The normalized spacial score (nSPS) is 22.1. The van der Waals surface area contributed by atoms with E-state index in [1.54, 1.807) is 6.92 Å². The molecule has 1 aliphatic carbocycles. The Labute approximate surface area is 141 Å². The second-order valence-corrected chi connectivity index (χ2v) is 7.26. The highest BCUT2D eigenvalue weighted by Crippen LogP contribution is 2.42. The summed E-state index contributed by atoms with van der Waals surface area (Å²) in [6, 6.07) is 0. The first-order valence-electron chi connectivity index (χ1n) is 8.53. The Morgan fingerprint density at radius 1 is 1.33 bits per heavy atom. The smallest absolute Gasteiger partial charge is 0.259 e. The molecule has 2 unspecified atom stereocenters. The molecule has 2 aromatic rings. The summed E-state index contributed by atoms with van der Waals surface area (Å²) in [4.78, 5) is 24.0. The summed E-state index contributed by atoms with van der Waals surface area (Å²) in [7, 11) is 0. The molecular weight excluding hydrogens is 304 g/mol. The lowest BCUT2D eigenvalue weighted by Crippen LogP contribution is -2.30. The van der Waals surface area contributed by atoms with Crippen LogP contribution in [-0.2, 0) is 6.42 Å². The molecule has 0 spiro atoms. The molecule has 1 aliphatic heterocycles. The van der Waals surface area contributed by atoms with Crippen LogP contribution >= 0.6 is 0 Å². The van der Waals surface area contributed by atoms with E-state index in [0.717, 1.165) is 25.3 Å². The number of aryl methyl sites for hydroxylation is 2. The third kappa shape index (κ3) is 2.24. The zero-order valence-corrected chi connectivity index (χ0v) is 14.5. The molecule has 1 fully saturated rings. The van der Waals surface area contributed by atoms with E-state index >= 15 is 0 Å². The Kier molecular flexibility index (Phi) is 3.44. The number of amides is 1. The third-order valence-electron chi connectivity index (χ3n) is 5.27. The first-order chi connectivity index (χ1) is 11.5. The molecule has 0 saturated carbocycles. The summed E-state index contributed by atoms with van der Waals surface area (Å²) in [5, 5.41) is 3.90. The van der Waals surface area contributed by atoms with Gasteiger partial charge in [-0.15, -0.1) is 0 Å². The van der Waals surface area contributed by atoms with Crippen LogP contribution in [0.1, 0.15) is 64.6 Å². The second-order valence-electron chi connectivity index (χ2n) is 7.26. The van der Waals surface area contributed by atoms with E-state index in [-0.39, 0.29) is 5.91 Å². The summed E-state index contributed by atoms with van der Waals surface area (Å²) < 4.78 is 5.14. The Morgan fingerprint density at radius 3 is 2.79 bits per heavy atom. The second kappa shape index (κ2) is 5.40. The van der Waals surface area contributed by atoms with Crippen molar-refractivity contribution in [2.24, 2.45) is 5.92 Å². The predicted octanol–water partition coefficient (Wildman–Crippen LogP) is 2.62. The van der Waals surface area contributed by atoms with Gasteiger partial charge in [0.2, 0.25) is 0 Å². The fourth-order valence-corrected chi connectivity index (χ4v) is 3.98. The maximum absolute atomic E-state index is 12.8. The van der Waals surface area contributed by atoms with Gasteiger partial charge >= 0.3 is 0 Å². The van der Waals surface area contributed by atoms with Crippen molar-refractivity contribution >= 4 is 5.91 Å². The van der Waals surface area contributed by atoms with Gasteiger partial charge in [0.25, 0.3) is 5.91 Å². The first-order valence-corrected chi connectivity index (χ1v) is 8.53. The van der Waals surface area contributed by atoms with Crippen LogP contribution in [0.4, 0.5) is 0 Å². The summed E-state index contributed by atoms with van der Waals surface area (Å²) in [6.45, 7) is 9.33. The van der Waals surface area contributed by atoms with Crippen molar-refractivity contribution in [2.75, 3.05) is 13.1 Å². The zero-order valence-electron chi connectivity index (χ0n) is 14.5. The number of carbonyl (C=O) groups excluding carboxylic acids is 1. The molecule has 1 saturated heterocycles. The number of nitrogens with zero attached hydrogens (tertiary/aromatic N) is 4. The molecule has 0 bridgehead atoms. The summed E-state index contributed by atoms with van der Waals surface area (Å²) in [5.74, 6) is 2.68. The van der Waals surface area contributed by atoms with Gasteiger partial charge in [0.05, 0.1) is 5.69 Å². The van der Waals surface area contributed by atoms with Crippen molar-refractivity contribution < 1.29 is 9.32 Å². The lowest BCUT2D eigenvalue weighted by molar-refractivity contribution is 0.0782. The third-order valence-corrected chi connectivity index (χ3v) is 5.27. The molecule has 2 aliphatic rings. The van der Waals surface area contributed by atoms with E-state index < -0.39 is 0 Å². The molecule has 4 rings (SSSR count). The Hall–Kier alpha value is -2.24. The monoisotopic (exact) mass is 326 g/mol. The van der Waals surface area contributed by atoms with Gasteiger partial charge in [-0.1, -0.05) is 19.0 Å². The van der Waals surface area contributed by atoms with Crippen molar-refractivity contribution in [3.05, 3.63) is 40.3 Å². The SMILES string of the molecule is Cc1noc(C)c1C(=O)N1CC2Cc3nc(C(C)C)ncc3C2C1. The number of fused-ring (bicyclic) bond motifs is 3. The van der Waals surface area contributed by atoms with E-state index in [4.69, 9.17) is 9.51 Å². The van der Waals surface area contributed by atoms with Gasteiger partial charge in [0, 0.05) is 36.8 Å². The maximum Gasteiger partial charge on any atom is 0.259 e. The van der Waals surface area contributed by atoms with Crippen molar-refractivity contribution in [3.8, 4) is 0 Å². The van der Waals surface area contributed by atoms with E-state index in [1.807, 2.05) is 18.0 Å². The molecule has 2 atom stereocenters. The zero-order chi connectivity index (χ0) is 17.0. The minimum atomic E-state index is 0.0296. The topological polar surface area (TPSA) is 72.1 Å². The fraction of sp³-hybridized carbons (Fsp3) is 0.556. The number of aromatic nitrogens is 3. The van der Waals surface area contributed by atoms with Crippen LogP contribution in [0, 0.1) is 19.8 Å². The van der Waals surface area contributed by atoms with Gasteiger partial charge < -0.3 is 9.42 Å². The van der Waals surface area contributed by atoms with Crippen LogP contribution < -0.4 is 0 Å². The van der Waals surface area contributed by atoms with E-state index in [9.17, 15) is 4.79 Å². The molecule has 0 aromatic carbocycles. The highest BCUT2D eigenvalue weighted by molar-refractivity contribution is 5.96. The molecule has 1 amide bonds. The summed E-state index contributed by atoms with van der Waals surface area (Å²) in [6.07, 6.45) is 2.92. The largest absolute Gasteiger partial charge is 0.361 e. The first kappa shape index (κ1) is 15.3. The average Bonchev–Trinajstić information content (AvgIpc) is 3.18. The van der Waals surface area contributed by atoms with Crippen molar-refractivity contribution in [1.82, 2.24) is 20.0 Å². The molecule has 0 radical (unpaired) electrons. The minimum Gasteiger partial charge on any atom is -0.361 e.